The number of rotatable bonds is 5. The van der Waals surface area contributed by atoms with Gasteiger partial charge >= 0.3 is 0 Å². The molecule has 1 heterocycles. The van der Waals surface area contributed by atoms with Crippen LogP contribution in [0.15, 0.2) is 47.3 Å². The van der Waals surface area contributed by atoms with Crippen molar-refractivity contribution >= 4 is 28.2 Å². The number of aliphatic hydroxyl groups is 1. The Bertz CT molecular complexity index is 1150. The lowest BCUT2D eigenvalue weighted by Crippen LogP contribution is -2.24. The Morgan fingerprint density at radius 3 is 2.41 bits per heavy atom. The van der Waals surface area contributed by atoms with E-state index in [4.69, 9.17) is 0 Å². The van der Waals surface area contributed by atoms with Crippen LogP contribution < -0.4 is 5.56 Å². The zero-order valence-corrected chi connectivity index (χ0v) is 13.4. The van der Waals surface area contributed by atoms with Crippen molar-refractivity contribution in [2.45, 2.75) is 6.10 Å². The molecule has 2 N–H and O–H groups in total. The SMILES string of the molecule is O=C(c1nc2ccc([N+](=O)[O-])cc2[nH]c1=O)[C@H](O)c1cccc([N+](=O)[O-])c1. The molecule has 2 aromatic carbocycles. The minimum atomic E-state index is -1.84. The van der Waals surface area contributed by atoms with E-state index in [0.717, 1.165) is 18.2 Å². The lowest BCUT2D eigenvalue weighted by molar-refractivity contribution is -0.385. The highest BCUT2D eigenvalue weighted by Gasteiger charge is 2.25. The fraction of sp³-hybridized carbons (Fsp3) is 0.0625. The van der Waals surface area contributed by atoms with Crippen molar-refractivity contribution in [3.05, 3.63) is 84.3 Å². The third-order valence-electron chi connectivity index (χ3n) is 3.76. The minimum absolute atomic E-state index is 0.0515. The van der Waals surface area contributed by atoms with Crippen LogP contribution in [0.2, 0.25) is 0 Å². The second-order valence-corrected chi connectivity index (χ2v) is 5.49. The third kappa shape index (κ3) is 3.39. The number of nitrogens with zero attached hydrogens (tertiary/aromatic N) is 3. The van der Waals surface area contributed by atoms with E-state index < -0.39 is 33.0 Å². The van der Waals surface area contributed by atoms with Gasteiger partial charge in [0.1, 0.15) is 6.10 Å². The second-order valence-electron chi connectivity index (χ2n) is 5.49. The number of hydrogen-bond acceptors (Lipinski definition) is 8. The smallest absolute Gasteiger partial charge is 0.278 e. The van der Waals surface area contributed by atoms with E-state index in [-0.39, 0.29) is 28.0 Å². The van der Waals surface area contributed by atoms with Gasteiger partial charge in [-0.25, -0.2) is 4.98 Å². The van der Waals surface area contributed by atoms with E-state index in [0.29, 0.717) is 0 Å². The maximum Gasteiger partial charge on any atom is 0.278 e. The van der Waals surface area contributed by atoms with Gasteiger partial charge in [-0.3, -0.25) is 29.8 Å². The molecule has 27 heavy (non-hydrogen) atoms. The van der Waals surface area contributed by atoms with Crippen molar-refractivity contribution in [2.24, 2.45) is 0 Å². The predicted octanol–water partition coefficient (Wildman–Crippen LogP) is 1.66. The number of aromatic amines is 1. The summed E-state index contributed by atoms with van der Waals surface area (Å²) in [6.45, 7) is 0. The lowest BCUT2D eigenvalue weighted by atomic mass is 10.0. The molecule has 3 rings (SSSR count). The fourth-order valence-corrected chi connectivity index (χ4v) is 2.44. The van der Waals surface area contributed by atoms with Gasteiger partial charge in [0, 0.05) is 24.3 Å². The molecule has 0 amide bonds. The number of nitrogens with one attached hydrogen (secondary N) is 1. The first-order chi connectivity index (χ1) is 12.8. The molecule has 0 saturated carbocycles. The molecule has 0 spiro atoms. The number of nitro groups is 2. The Morgan fingerprint density at radius 2 is 1.74 bits per heavy atom. The monoisotopic (exact) mass is 370 g/mol. The molecule has 3 aromatic rings. The molecule has 0 aliphatic heterocycles. The third-order valence-corrected chi connectivity index (χ3v) is 3.76. The number of aliphatic hydroxyl groups excluding tert-OH is 1. The molecule has 0 bridgehead atoms. The van der Waals surface area contributed by atoms with Crippen LogP contribution >= 0.6 is 0 Å². The van der Waals surface area contributed by atoms with E-state index in [1.54, 1.807) is 0 Å². The zero-order chi connectivity index (χ0) is 19.7. The topological polar surface area (TPSA) is 169 Å². The number of hydrogen-bond donors (Lipinski definition) is 2. The van der Waals surface area contributed by atoms with Gasteiger partial charge in [0.2, 0.25) is 5.78 Å². The Labute approximate surface area is 149 Å². The molecule has 11 nitrogen and oxygen atoms in total. The number of nitro benzene ring substituents is 2. The summed E-state index contributed by atoms with van der Waals surface area (Å²) in [7, 11) is 0. The molecule has 0 fully saturated rings. The quantitative estimate of drug-likeness (QED) is 0.388. The van der Waals surface area contributed by atoms with E-state index in [1.807, 2.05) is 0 Å². The van der Waals surface area contributed by atoms with Gasteiger partial charge in [-0.05, 0) is 11.6 Å². The predicted molar refractivity (Wildman–Crippen MR) is 91.4 cm³/mol. The number of H-pyrrole nitrogens is 1. The summed E-state index contributed by atoms with van der Waals surface area (Å²) in [5, 5.41) is 31.8. The molecule has 11 heteroatoms. The number of fused-ring (bicyclic) bond motifs is 1. The Morgan fingerprint density at radius 1 is 1.07 bits per heavy atom. The first-order valence-electron chi connectivity index (χ1n) is 7.43. The minimum Gasteiger partial charge on any atom is -0.380 e. The van der Waals surface area contributed by atoms with Crippen molar-refractivity contribution in [3.63, 3.8) is 0 Å². The normalized spacial score (nSPS) is 11.9. The zero-order valence-electron chi connectivity index (χ0n) is 13.4. The van der Waals surface area contributed by atoms with Gasteiger partial charge in [-0.2, -0.15) is 0 Å². The van der Waals surface area contributed by atoms with Gasteiger partial charge in [0.15, 0.2) is 5.69 Å². The summed E-state index contributed by atoms with van der Waals surface area (Å²) < 4.78 is 0. The Hall–Kier alpha value is -3.99. The van der Waals surface area contributed by atoms with Crippen molar-refractivity contribution < 1.29 is 19.7 Å². The number of non-ortho nitro benzene ring substituents is 2. The number of carbonyl (C=O) groups excluding carboxylic acids is 1. The number of aromatic nitrogens is 2. The van der Waals surface area contributed by atoms with Crippen LogP contribution in [0.25, 0.3) is 11.0 Å². The van der Waals surface area contributed by atoms with Crippen LogP contribution in [0.3, 0.4) is 0 Å². The second kappa shape index (κ2) is 6.72. The van der Waals surface area contributed by atoms with Crippen molar-refractivity contribution in [1.82, 2.24) is 9.97 Å². The number of Topliss-reactive ketones (excluding diaryl/α,β-unsaturated/α-hetero) is 1. The van der Waals surface area contributed by atoms with Crippen molar-refractivity contribution in [2.75, 3.05) is 0 Å². The van der Waals surface area contributed by atoms with Crippen LogP contribution in [0.4, 0.5) is 11.4 Å². The summed E-state index contributed by atoms with van der Waals surface area (Å²) in [5.41, 5.74) is -2.07. The van der Waals surface area contributed by atoms with Crippen LogP contribution in [-0.4, -0.2) is 30.7 Å². The summed E-state index contributed by atoms with van der Waals surface area (Å²) in [5.74, 6) is -1.06. The van der Waals surface area contributed by atoms with Gasteiger partial charge in [-0.1, -0.05) is 12.1 Å². The first-order valence-corrected chi connectivity index (χ1v) is 7.43. The highest BCUT2D eigenvalue weighted by atomic mass is 16.6. The number of benzene rings is 2. The van der Waals surface area contributed by atoms with Crippen LogP contribution in [0.1, 0.15) is 22.2 Å². The molecule has 136 valence electrons. The molecule has 1 atom stereocenters. The molecular formula is C16H10N4O7. The summed E-state index contributed by atoms with van der Waals surface area (Å²) >= 11 is 0. The average molecular weight is 370 g/mol. The molecular weight excluding hydrogens is 360 g/mol. The van der Waals surface area contributed by atoms with E-state index in [2.05, 4.69) is 9.97 Å². The maximum absolute atomic E-state index is 12.5. The Balaban J connectivity index is 2.02. The summed E-state index contributed by atoms with van der Waals surface area (Å²) in [4.78, 5) is 51.0. The van der Waals surface area contributed by atoms with Gasteiger partial charge in [0.05, 0.1) is 20.9 Å². The van der Waals surface area contributed by atoms with Gasteiger partial charge < -0.3 is 10.1 Å². The first kappa shape index (κ1) is 17.8. The summed E-state index contributed by atoms with van der Waals surface area (Å²) in [6, 6.07) is 8.29. The van der Waals surface area contributed by atoms with Crippen LogP contribution in [0.5, 0.6) is 0 Å². The number of carbonyl (C=O) groups is 1. The largest absolute Gasteiger partial charge is 0.380 e. The maximum atomic E-state index is 12.5. The Kier molecular flexibility index (Phi) is 4.44. The highest BCUT2D eigenvalue weighted by Crippen LogP contribution is 2.22. The van der Waals surface area contributed by atoms with Crippen LogP contribution in [-0.2, 0) is 0 Å². The standard InChI is InChI=1S/C16H10N4O7/c21-14(8-2-1-3-9(6-8)19(24)25)15(22)13-16(23)18-12-7-10(20(26)27)4-5-11(12)17-13/h1-7,14,21H,(H,18,23)/t14-/m1/s1. The molecule has 0 unspecified atom stereocenters. The molecule has 0 saturated heterocycles. The van der Waals surface area contributed by atoms with Gasteiger partial charge in [-0.15, -0.1) is 0 Å². The highest BCUT2D eigenvalue weighted by molar-refractivity contribution is 5.99. The molecule has 0 aliphatic carbocycles. The van der Waals surface area contributed by atoms with Gasteiger partial charge in [0.25, 0.3) is 16.9 Å². The molecule has 1 aromatic heterocycles. The van der Waals surface area contributed by atoms with Crippen molar-refractivity contribution in [3.8, 4) is 0 Å². The average Bonchev–Trinajstić information content (AvgIpc) is 2.65. The van der Waals surface area contributed by atoms with E-state index in [9.17, 15) is 34.9 Å². The lowest BCUT2D eigenvalue weighted by Gasteiger charge is -2.09. The number of ketones is 1. The van der Waals surface area contributed by atoms with Crippen molar-refractivity contribution in [1.29, 1.82) is 0 Å². The van der Waals surface area contributed by atoms with E-state index >= 15 is 0 Å². The fourth-order valence-electron chi connectivity index (χ4n) is 2.44. The molecule has 0 aliphatic rings. The van der Waals surface area contributed by atoms with Crippen LogP contribution in [0, 0.1) is 20.2 Å². The summed E-state index contributed by atoms with van der Waals surface area (Å²) in [6.07, 6.45) is -1.84. The molecule has 0 radical (unpaired) electrons. The van der Waals surface area contributed by atoms with E-state index in [1.165, 1.54) is 24.3 Å².